The Morgan fingerprint density at radius 3 is 2.06 bits per heavy atom. The number of amides is 1. The van der Waals surface area contributed by atoms with Crippen LogP contribution in [-0.4, -0.2) is 31.7 Å². The van der Waals surface area contributed by atoms with Crippen molar-refractivity contribution in [2.75, 3.05) is 18.4 Å². The first kappa shape index (κ1) is 23.5. The summed E-state index contributed by atoms with van der Waals surface area (Å²) in [4.78, 5) is 13.5. The Kier molecular flexibility index (Phi) is 7.22. The van der Waals surface area contributed by atoms with Crippen LogP contribution >= 0.6 is 0 Å². The topological polar surface area (TPSA) is 66.5 Å². The van der Waals surface area contributed by atoms with Gasteiger partial charge in [-0.1, -0.05) is 58.4 Å². The van der Waals surface area contributed by atoms with E-state index < -0.39 is 10.0 Å². The van der Waals surface area contributed by atoms with Gasteiger partial charge in [0.15, 0.2) is 0 Å². The number of anilines is 1. The molecule has 31 heavy (non-hydrogen) atoms. The summed E-state index contributed by atoms with van der Waals surface area (Å²) in [6.45, 7) is 11.3. The van der Waals surface area contributed by atoms with Gasteiger partial charge in [-0.2, -0.15) is 4.31 Å². The van der Waals surface area contributed by atoms with Crippen molar-refractivity contribution in [3.63, 3.8) is 0 Å². The van der Waals surface area contributed by atoms with Crippen LogP contribution in [0, 0.1) is 6.92 Å². The maximum atomic E-state index is 13.3. The fourth-order valence-electron chi connectivity index (χ4n) is 4.14. The van der Waals surface area contributed by atoms with Crippen molar-refractivity contribution >= 4 is 21.6 Å². The largest absolute Gasteiger partial charge is 0.321 e. The fraction of sp³-hybridized carbons (Fsp3) is 0.480. The lowest BCUT2D eigenvalue weighted by Gasteiger charge is -2.26. The highest BCUT2D eigenvalue weighted by molar-refractivity contribution is 7.89. The molecule has 1 N–H and O–H groups in total. The molecule has 0 unspecified atom stereocenters. The van der Waals surface area contributed by atoms with Crippen molar-refractivity contribution < 1.29 is 13.2 Å². The Balaban J connectivity index is 1.98. The second-order valence-electron chi connectivity index (χ2n) is 9.02. The summed E-state index contributed by atoms with van der Waals surface area (Å²) in [6, 6.07) is 11.0. The number of piperidine rings is 1. The molecule has 0 spiro atoms. The number of carbonyl (C=O) groups is 1. The molecule has 3 rings (SSSR count). The van der Waals surface area contributed by atoms with Crippen molar-refractivity contribution in [2.24, 2.45) is 0 Å². The van der Waals surface area contributed by atoms with Gasteiger partial charge < -0.3 is 5.32 Å². The first-order valence-electron chi connectivity index (χ1n) is 11.2. The zero-order valence-electron chi connectivity index (χ0n) is 19.2. The molecular formula is C25H34N2O3S. The Bertz CT molecular complexity index is 1030. The van der Waals surface area contributed by atoms with Crippen LogP contribution in [0.25, 0.3) is 0 Å². The summed E-state index contributed by atoms with van der Waals surface area (Å²) in [5.41, 5.74) is 4.14. The van der Waals surface area contributed by atoms with Gasteiger partial charge in [0, 0.05) is 24.3 Å². The maximum Gasteiger partial charge on any atom is 0.255 e. The Hall–Kier alpha value is -2.18. The minimum absolute atomic E-state index is 0.186. The number of rotatable bonds is 6. The summed E-state index contributed by atoms with van der Waals surface area (Å²) in [5.74, 6) is 0.227. The van der Waals surface area contributed by atoms with Crippen LogP contribution in [-0.2, 0) is 10.0 Å². The van der Waals surface area contributed by atoms with Crippen LogP contribution in [0.3, 0.4) is 0 Å². The van der Waals surface area contributed by atoms with E-state index in [-0.39, 0.29) is 22.6 Å². The SMILES string of the molecule is Cc1ccc(S(=O)(=O)N2CCCCC2)cc1C(=O)Nc1c(C(C)C)cccc1C(C)C. The number of hydrogen-bond acceptors (Lipinski definition) is 3. The predicted molar refractivity (Wildman–Crippen MR) is 126 cm³/mol. The van der Waals surface area contributed by atoms with Crippen molar-refractivity contribution in [3.8, 4) is 0 Å². The van der Waals surface area contributed by atoms with Gasteiger partial charge in [-0.05, 0) is 60.4 Å². The van der Waals surface area contributed by atoms with Crippen molar-refractivity contribution in [2.45, 2.75) is 70.6 Å². The molecular weight excluding hydrogens is 408 g/mol. The molecule has 1 saturated heterocycles. The summed E-state index contributed by atoms with van der Waals surface area (Å²) < 4.78 is 27.8. The lowest BCUT2D eigenvalue weighted by atomic mass is 9.92. The summed E-state index contributed by atoms with van der Waals surface area (Å²) in [6.07, 6.45) is 2.81. The molecule has 2 aromatic carbocycles. The minimum Gasteiger partial charge on any atom is -0.321 e. The molecule has 6 heteroatoms. The third-order valence-electron chi connectivity index (χ3n) is 6.02. The van der Waals surface area contributed by atoms with Gasteiger partial charge in [-0.15, -0.1) is 0 Å². The maximum absolute atomic E-state index is 13.3. The van der Waals surface area contributed by atoms with Crippen LogP contribution in [0.4, 0.5) is 5.69 Å². The zero-order chi connectivity index (χ0) is 22.8. The average molecular weight is 443 g/mol. The fourth-order valence-corrected chi connectivity index (χ4v) is 5.68. The first-order valence-corrected chi connectivity index (χ1v) is 12.6. The van der Waals surface area contributed by atoms with Crippen LogP contribution < -0.4 is 5.32 Å². The van der Waals surface area contributed by atoms with Gasteiger partial charge in [0.05, 0.1) is 4.90 Å². The van der Waals surface area contributed by atoms with Crippen LogP contribution in [0.15, 0.2) is 41.3 Å². The van der Waals surface area contributed by atoms with E-state index in [1.807, 2.05) is 25.1 Å². The highest BCUT2D eigenvalue weighted by Gasteiger charge is 2.27. The van der Waals surface area contributed by atoms with Crippen LogP contribution in [0.1, 0.15) is 85.8 Å². The van der Waals surface area contributed by atoms with Crippen molar-refractivity contribution in [3.05, 3.63) is 58.7 Å². The molecule has 1 fully saturated rings. The second kappa shape index (κ2) is 9.53. The lowest BCUT2D eigenvalue weighted by Crippen LogP contribution is -2.35. The summed E-state index contributed by atoms with van der Waals surface area (Å²) in [7, 11) is -3.60. The molecule has 1 amide bonds. The van der Waals surface area contributed by atoms with E-state index in [9.17, 15) is 13.2 Å². The quantitative estimate of drug-likeness (QED) is 0.627. The van der Waals surface area contributed by atoms with Crippen LogP contribution in [0.2, 0.25) is 0 Å². The number of hydrogen-bond donors (Lipinski definition) is 1. The van der Waals surface area contributed by atoms with Gasteiger partial charge in [-0.25, -0.2) is 8.42 Å². The van der Waals surface area contributed by atoms with Gasteiger partial charge in [0.2, 0.25) is 10.0 Å². The molecule has 1 aliphatic rings. The number of sulfonamides is 1. The van der Waals surface area contributed by atoms with Crippen LogP contribution in [0.5, 0.6) is 0 Å². The number of carbonyl (C=O) groups excluding carboxylic acids is 1. The number of para-hydroxylation sites is 1. The summed E-state index contributed by atoms with van der Waals surface area (Å²) >= 11 is 0. The normalized spacial score (nSPS) is 15.5. The Morgan fingerprint density at radius 2 is 1.52 bits per heavy atom. The number of nitrogens with one attached hydrogen (secondary N) is 1. The van der Waals surface area contributed by atoms with E-state index in [1.165, 1.54) is 10.4 Å². The average Bonchev–Trinajstić information content (AvgIpc) is 2.74. The third kappa shape index (κ3) is 5.01. The number of nitrogens with zero attached hydrogens (tertiary/aromatic N) is 1. The first-order chi connectivity index (χ1) is 14.6. The van der Waals surface area contributed by atoms with Gasteiger partial charge in [0.1, 0.15) is 0 Å². The third-order valence-corrected chi connectivity index (χ3v) is 7.91. The molecule has 0 bridgehead atoms. The molecule has 168 valence electrons. The highest BCUT2D eigenvalue weighted by Crippen LogP contribution is 2.33. The van der Waals surface area contributed by atoms with Crippen molar-refractivity contribution in [1.29, 1.82) is 0 Å². The predicted octanol–water partition coefficient (Wildman–Crippen LogP) is 5.67. The Labute approximate surface area is 186 Å². The smallest absolute Gasteiger partial charge is 0.255 e. The van der Waals surface area contributed by atoms with E-state index >= 15 is 0 Å². The Morgan fingerprint density at radius 1 is 0.935 bits per heavy atom. The molecule has 0 radical (unpaired) electrons. The van der Waals surface area contributed by atoms with E-state index in [4.69, 9.17) is 0 Å². The molecule has 2 aromatic rings. The molecule has 0 saturated carbocycles. The lowest BCUT2D eigenvalue weighted by molar-refractivity contribution is 0.102. The highest BCUT2D eigenvalue weighted by atomic mass is 32.2. The second-order valence-corrected chi connectivity index (χ2v) is 11.0. The molecule has 0 atom stereocenters. The molecule has 0 aliphatic carbocycles. The van der Waals surface area contributed by atoms with Gasteiger partial charge >= 0.3 is 0 Å². The van der Waals surface area contributed by atoms with Crippen molar-refractivity contribution in [1.82, 2.24) is 4.31 Å². The van der Waals surface area contributed by atoms with E-state index in [0.717, 1.165) is 41.6 Å². The molecule has 0 aromatic heterocycles. The summed E-state index contributed by atoms with van der Waals surface area (Å²) in [5, 5.41) is 3.11. The van der Waals surface area contributed by atoms with E-state index in [2.05, 4.69) is 33.0 Å². The van der Waals surface area contributed by atoms with E-state index in [1.54, 1.807) is 12.1 Å². The number of aryl methyl sites for hydroxylation is 1. The van der Waals surface area contributed by atoms with E-state index in [0.29, 0.717) is 18.7 Å². The standard InChI is InChI=1S/C25H34N2O3S/c1-17(2)21-10-9-11-22(18(3)4)24(21)26-25(28)23-16-20(13-12-19(23)5)31(29,30)27-14-7-6-8-15-27/h9-13,16-18H,6-8,14-15H2,1-5H3,(H,26,28). The van der Waals surface area contributed by atoms with Gasteiger partial charge in [0.25, 0.3) is 5.91 Å². The molecule has 5 nitrogen and oxygen atoms in total. The minimum atomic E-state index is -3.60. The van der Waals surface area contributed by atoms with Gasteiger partial charge in [-0.3, -0.25) is 4.79 Å². The molecule has 1 aliphatic heterocycles. The monoisotopic (exact) mass is 442 g/mol. The zero-order valence-corrected chi connectivity index (χ0v) is 20.1. The number of benzene rings is 2. The molecule has 1 heterocycles.